The highest BCUT2D eigenvalue weighted by Crippen LogP contribution is 2.40. The van der Waals surface area contributed by atoms with E-state index in [4.69, 9.17) is 5.73 Å². The highest BCUT2D eigenvalue weighted by Gasteiger charge is 2.43. The topological polar surface area (TPSA) is 29.3 Å². The Bertz CT molecular complexity index is 253. The number of hydrogen-bond donors (Lipinski definition) is 1. The zero-order chi connectivity index (χ0) is 12.5. The summed E-state index contributed by atoms with van der Waals surface area (Å²) in [5.74, 6) is 2.50. The highest BCUT2D eigenvalue weighted by atomic mass is 15.2. The van der Waals surface area contributed by atoms with Crippen LogP contribution in [-0.2, 0) is 0 Å². The second kappa shape index (κ2) is 5.27. The zero-order valence-electron chi connectivity index (χ0n) is 11.9. The van der Waals surface area contributed by atoms with Crippen LogP contribution in [0.15, 0.2) is 0 Å². The summed E-state index contributed by atoms with van der Waals surface area (Å²) in [6.45, 7) is 10.6. The van der Waals surface area contributed by atoms with E-state index in [1.807, 2.05) is 0 Å². The van der Waals surface area contributed by atoms with Crippen LogP contribution in [0, 0.1) is 17.8 Å². The lowest BCUT2D eigenvalue weighted by Gasteiger charge is -2.53. The third kappa shape index (κ3) is 2.39. The molecule has 100 valence electrons. The van der Waals surface area contributed by atoms with Gasteiger partial charge in [0.1, 0.15) is 0 Å². The van der Waals surface area contributed by atoms with Gasteiger partial charge in [-0.3, -0.25) is 4.90 Å². The molecule has 0 aromatic rings. The first-order chi connectivity index (χ1) is 8.10. The Balaban J connectivity index is 2.11. The van der Waals surface area contributed by atoms with Crippen molar-refractivity contribution in [2.24, 2.45) is 23.5 Å². The molecule has 0 bridgehead atoms. The Hall–Kier alpha value is -0.0800. The first-order valence-corrected chi connectivity index (χ1v) is 7.55. The Morgan fingerprint density at radius 3 is 2.47 bits per heavy atom. The molecule has 4 unspecified atom stereocenters. The number of nitrogens with zero attached hydrogens (tertiary/aromatic N) is 1. The fraction of sp³-hybridized carbons (Fsp3) is 1.00. The zero-order valence-corrected chi connectivity index (χ0v) is 11.9. The Morgan fingerprint density at radius 2 is 1.88 bits per heavy atom. The summed E-state index contributed by atoms with van der Waals surface area (Å²) in [5, 5.41) is 0. The van der Waals surface area contributed by atoms with Crippen LogP contribution in [0.1, 0.15) is 52.9 Å². The van der Waals surface area contributed by atoms with Gasteiger partial charge in [-0.1, -0.05) is 33.6 Å². The van der Waals surface area contributed by atoms with Gasteiger partial charge in [-0.05, 0) is 43.6 Å². The quantitative estimate of drug-likeness (QED) is 0.801. The summed E-state index contributed by atoms with van der Waals surface area (Å²) in [4.78, 5) is 2.75. The third-order valence-electron chi connectivity index (χ3n) is 5.73. The molecule has 2 fully saturated rings. The first kappa shape index (κ1) is 13.4. The monoisotopic (exact) mass is 238 g/mol. The molecule has 0 aromatic carbocycles. The minimum Gasteiger partial charge on any atom is -0.329 e. The molecular formula is C15H30N2. The summed E-state index contributed by atoms with van der Waals surface area (Å²) >= 11 is 0. The molecule has 0 amide bonds. The van der Waals surface area contributed by atoms with Crippen molar-refractivity contribution in [2.75, 3.05) is 19.6 Å². The largest absolute Gasteiger partial charge is 0.329 e. The van der Waals surface area contributed by atoms with Gasteiger partial charge >= 0.3 is 0 Å². The maximum atomic E-state index is 6.20. The Kier molecular flexibility index (Phi) is 4.14. The molecule has 2 N–H and O–H groups in total. The van der Waals surface area contributed by atoms with Crippen molar-refractivity contribution in [3.8, 4) is 0 Å². The normalized spacial score (nSPS) is 44.8. The molecule has 17 heavy (non-hydrogen) atoms. The van der Waals surface area contributed by atoms with Gasteiger partial charge in [0, 0.05) is 18.6 Å². The molecule has 2 aliphatic rings. The van der Waals surface area contributed by atoms with Crippen molar-refractivity contribution in [1.29, 1.82) is 0 Å². The fourth-order valence-electron chi connectivity index (χ4n) is 3.97. The lowest BCUT2D eigenvalue weighted by molar-refractivity contribution is -0.0249. The molecule has 2 nitrogen and oxygen atoms in total. The average Bonchev–Trinajstić information content (AvgIpc) is 2.34. The number of nitrogens with two attached hydrogens (primary N) is 1. The molecular weight excluding hydrogens is 208 g/mol. The minimum absolute atomic E-state index is 0.326. The van der Waals surface area contributed by atoms with Gasteiger partial charge < -0.3 is 5.73 Å². The summed E-state index contributed by atoms with van der Waals surface area (Å²) in [6, 6.07) is 0. The van der Waals surface area contributed by atoms with Crippen molar-refractivity contribution in [1.82, 2.24) is 4.90 Å². The fourth-order valence-corrected chi connectivity index (χ4v) is 3.97. The van der Waals surface area contributed by atoms with E-state index in [9.17, 15) is 0 Å². The van der Waals surface area contributed by atoms with Crippen LogP contribution in [0.25, 0.3) is 0 Å². The van der Waals surface area contributed by atoms with Crippen molar-refractivity contribution >= 4 is 0 Å². The van der Waals surface area contributed by atoms with E-state index in [0.29, 0.717) is 5.54 Å². The van der Waals surface area contributed by atoms with Gasteiger partial charge in [-0.2, -0.15) is 0 Å². The molecule has 0 spiro atoms. The van der Waals surface area contributed by atoms with Crippen LogP contribution in [0.2, 0.25) is 0 Å². The van der Waals surface area contributed by atoms with E-state index in [1.165, 1.54) is 45.2 Å². The van der Waals surface area contributed by atoms with E-state index in [-0.39, 0.29) is 0 Å². The number of likely N-dealkylation sites (tertiary alicyclic amines) is 1. The SMILES string of the molecule is CC1CCN(C2(CN)CCCCC2C)CC1C. The third-order valence-corrected chi connectivity index (χ3v) is 5.73. The predicted molar refractivity (Wildman–Crippen MR) is 73.9 cm³/mol. The van der Waals surface area contributed by atoms with E-state index in [2.05, 4.69) is 25.7 Å². The van der Waals surface area contributed by atoms with Gasteiger partial charge in [0.25, 0.3) is 0 Å². The van der Waals surface area contributed by atoms with Crippen molar-refractivity contribution in [3.63, 3.8) is 0 Å². The smallest absolute Gasteiger partial charge is 0.0357 e. The molecule has 1 saturated carbocycles. The molecule has 1 aliphatic heterocycles. The standard InChI is InChI=1S/C15H30N2/c1-12-7-9-17(10-13(12)2)15(11-16)8-5-4-6-14(15)3/h12-14H,4-11,16H2,1-3H3. The van der Waals surface area contributed by atoms with Crippen LogP contribution in [0.4, 0.5) is 0 Å². The molecule has 2 rings (SSSR count). The maximum Gasteiger partial charge on any atom is 0.0357 e. The first-order valence-electron chi connectivity index (χ1n) is 7.55. The van der Waals surface area contributed by atoms with Crippen LogP contribution >= 0.6 is 0 Å². The van der Waals surface area contributed by atoms with Gasteiger partial charge in [-0.25, -0.2) is 0 Å². The van der Waals surface area contributed by atoms with Crippen LogP contribution < -0.4 is 5.73 Å². The Morgan fingerprint density at radius 1 is 1.12 bits per heavy atom. The summed E-state index contributed by atoms with van der Waals surface area (Å²) in [6.07, 6.45) is 6.84. The number of rotatable bonds is 2. The summed E-state index contributed by atoms with van der Waals surface area (Å²) in [7, 11) is 0. The predicted octanol–water partition coefficient (Wildman–Crippen LogP) is 2.87. The van der Waals surface area contributed by atoms with Crippen LogP contribution in [0.3, 0.4) is 0 Å². The minimum atomic E-state index is 0.326. The molecule has 2 heteroatoms. The van der Waals surface area contributed by atoms with E-state index < -0.39 is 0 Å². The van der Waals surface area contributed by atoms with E-state index in [1.54, 1.807) is 0 Å². The second-order valence-corrected chi connectivity index (χ2v) is 6.64. The van der Waals surface area contributed by atoms with Crippen LogP contribution in [-0.4, -0.2) is 30.1 Å². The number of piperidine rings is 1. The molecule has 1 heterocycles. The molecule has 0 radical (unpaired) electrons. The van der Waals surface area contributed by atoms with E-state index >= 15 is 0 Å². The summed E-state index contributed by atoms with van der Waals surface area (Å²) in [5.41, 5.74) is 6.52. The second-order valence-electron chi connectivity index (χ2n) is 6.64. The number of hydrogen-bond acceptors (Lipinski definition) is 2. The lowest BCUT2D eigenvalue weighted by atomic mass is 9.71. The molecule has 4 atom stereocenters. The van der Waals surface area contributed by atoms with Gasteiger partial charge in [0.15, 0.2) is 0 Å². The van der Waals surface area contributed by atoms with E-state index in [0.717, 1.165) is 24.3 Å². The lowest BCUT2D eigenvalue weighted by Crippen LogP contribution is -2.62. The van der Waals surface area contributed by atoms with Gasteiger partial charge in [0.05, 0.1) is 0 Å². The van der Waals surface area contributed by atoms with Crippen molar-refractivity contribution < 1.29 is 0 Å². The van der Waals surface area contributed by atoms with Crippen molar-refractivity contribution in [3.05, 3.63) is 0 Å². The highest BCUT2D eigenvalue weighted by molar-refractivity contribution is 5.00. The molecule has 1 saturated heterocycles. The van der Waals surface area contributed by atoms with Crippen LogP contribution in [0.5, 0.6) is 0 Å². The van der Waals surface area contributed by atoms with Gasteiger partial charge in [0.2, 0.25) is 0 Å². The summed E-state index contributed by atoms with van der Waals surface area (Å²) < 4.78 is 0. The van der Waals surface area contributed by atoms with Gasteiger partial charge in [-0.15, -0.1) is 0 Å². The molecule has 0 aromatic heterocycles. The Labute approximate surface area is 107 Å². The maximum absolute atomic E-state index is 6.20. The average molecular weight is 238 g/mol. The molecule has 1 aliphatic carbocycles. The van der Waals surface area contributed by atoms with Crippen molar-refractivity contribution in [2.45, 2.75) is 58.4 Å².